The van der Waals surface area contributed by atoms with Gasteiger partial charge in [-0.05, 0) is 12.1 Å². The van der Waals surface area contributed by atoms with Crippen LogP contribution in [-0.4, -0.2) is 4.98 Å². The van der Waals surface area contributed by atoms with Crippen LogP contribution in [-0.2, 0) is 6.18 Å². The fourth-order valence-electron chi connectivity index (χ4n) is 1.50. The molecule has 84 valence electrons. The predicted molar refractivity (Wildman–Crippen MR) is 54.0 cm³/mol. The van der Waals surface area contributed by atoms with E-state index in [1.165, 1.54) is 12.1 Å². The molecule has 16 heavy (non-hydrogen) atoms. The van der Waals surface area contributed by atoms with Gasteiger partial charge < -0.3 is 10.7 Å². The molecule has 0 fully saturated rings. The van der Waals surface area contributed by atoms with Crippen molar-refractivity contribution in [1.29, 1.82) is 0 Å². The number of nitrogens with two attached hydrogens (primary N) is 1. The summed E-state index contributed by atoms with van der Waals surface area (Å²) in [4.78, 5) is 13.9. The lowest BCUT2D eigenvalue weighted by molar-refractivity contribution is -0.136. The Hall–Kier alpha value is -1.98. The van der Waals surface area contributed by atoms with E-state index >= 15 is 0 Å². The number of H-pyrrole nitrogens is 1. The second kappa shape index (κ2) is 3.26. The molecule has 0 bridgehead atoms. The zero-order chi connectivity index (χ0) is 11.9. The Kier molecular flexibility index (Phi) is 2.15. The van der Waals surface area contributed by atoms with Crippen molar-refractivity contribution in [2.45, 2.75) is 6.18 Å². The molecule has 6 heteroatoms. The van der Waals surface area contributed by atoms with E-state index in [4.69, 9.17) is 5.73 Å². The summed E-state index contributed by atoms with van der Waals surface area (Å²) in [5.41, 5.74) is 3.50. The normalized spacial score (nSPS) is 11.9. The van der Waals surface area contributed by atoms with Crippen molar-refractivity contribution in [3.8, 4) is 0 Å². The van der Waals surface area contributed by atoms with Gasteiger partial charge in [0.1, 0.15) is 0 Å². The van der Waals surface area contributed by atoms with Crippen molar-refractivity contribution in [3.63, 3.8) is 0 Å². The largest absolute Gasteiger partial charge is 0.418 e. The Morgan fingerprint density at radius 3 is 2.56 bits per heavy atom. The van der Waals surface area contributed by atoms with Crippen LogP contribution in [0, 0.1) is 0 Å². The van der Waals surface area contributed by atoms with E-state index in [1.807, 2.05) is 0 Å². The maximum absolute atomic E-state index is 12.6. The molecule has 0 aliphatic carbocycles. The number of para-hydroxylation sites is 1. The smallest absolute Gasteiger partial charge is 0.394 e. The molecule has 1 aromatic carbocycles. The minimum Gasteiger partial charge on any atom is -0.394 e. The van der Waals surface area contributed by atoms with Crippen molar-refractivity contribution < 1.29 is 13.2 Å². The highest BCUT2D eigenvalue weighted by molar-refractivity contribution is 5.84. The van der Waals surface area contributed by atoms with Crippen LogP contribution in [0.25, 0.3) is 10.9 Å². The number of fused-ring (bicyclic) bond motifs is 1. The number of benzene rings is 1. The van der Waals surface area contributed by atoms with Gasteiger partial charge in [-0.3, -0.25) is 4.79 Å². The molecule has 1 aromatic heterocycles. The van der Waals surface area contributed by atoms with Gasteiger partial charge in [-0.1, -0.05) is 6.07 Å². The first-order valence-electron chi connectivity index (χ1n) is 4.38. The molecule has 0 spiro atoms. The molecule has 2 aromatic rings. The number of nitrogen functional groups attached to an aromatic ring is 1. The topological polar surface area (TPSA) is 58.9 Å². The third-order valence-corrected chi connectivity index (χ3v) is 2.25. The molecule has 0 saturated heterocycles. The highest BCUT2D eigenvalue weighted by Crippen LogP contribution is 2.32. The first-order chi connectivity index (χ1) is 7.41. The van der Waals surface area contributed by atoms with Crippen LogP contribution in [0.1, 0.15) is 5.56 Å². The molecule has 0 radical (unpaired) electrons. The van der Waals surface area contributed by atoms with Gasteiger partial charge in [-0.2, -0.15) is 13.2 Å². The average molecular weight is 228 g/mol. The molecule has 0 amide bonds. The van der Waals surface area contributed by atoms with Crippen LogP contribution in [0.3, 0.4) is 0 Å². The monoisotopic (exact) mass is 228 g/mol. The number of hydrogen-bond acceptors (Lipinski definition) is 2. The van der Waals surface area contributed by atoms with E-state index in [-0.39, 0.29) is 16.6 Å². The maximum Gasteiger partial charge on any atom is 0.418 e. The van der Waals surface area contributed by atoms with Crippen molar-refractivity contribution in [2.24, 2.45) is 0 Å². The molecule has 0 aliphatic heterocycles. The summed E-state index contributed by atoms with van der Waals surface area (Å²) in [7, 11) is 0. The number of hydrogen-bond donors (Lipinski definition) is 2. The minimum atomic E-state index is -4.50. The summed E-state index contributed by atoms with van der Waals surface area (Å²) in [5.74, 6) is 0. The summed E-state index contributed by atoms with van der Waals surface area (Å²) >= 11 is 0. The second-order valence-corrected chi connectivity index (χ2v) is 3.30. The van der Waals surface area contributed by atoms with E-state index in [1.54, 1.807) is 0 Å². The Morgan fingerprint density at radius 1 is 1.25 bits per heavy atom. The van der Waals surface area contributed by atoms with Gasteiger partial charge in [0.15, 0.2) is 0 Å². The second-order valence-electron chi connectivity index (χ2n) is 3.30. The number of anilines is 1. The highest BCUT2D eigenvalue weighted by Gasteiger charge is 2.33. The molecule has 0 unspecified atom stereocenters. The molecule has 3 nitrogen and oxygen atoms in total. The minimum absolute atomic E-state index is 0.0603. The Bertz CT molecular complexity index is 601. The summed E-state index contributed by atoms with van der Waals surface area (Å²) in [6.07, 6.45) is -3.43. The summed E-state index contributed by atoms with van der Waals surface area (Å²) in [6.45, 7) is 0. The highest BCUT2D eigenvalue weighted by atomic mass is 19.4. The van der Waals surface area contributed by atoms with Gasteiger partial charge in [0, 0.05) is 11.6 Å². The zero-order valence-corrected chi connectivity index (χ0v) is 7.93. The maximum atomic E-state index is 12.6. The lowest BCUT2D eigenvalue weighted by Gasteiger charge is -2.09. The molecule has 0 aliphatic rings. The third-order valence-electron chi connectivity index (χ3n) is 2.25. The van der Waals surface area contributed by atoms with E-state index in [2.05, 4.69) is 4.98 Å². The van der Waals surface area contributed by atoms with Gasteiger partial charge in [0.05, 0.1) is 16.8 Å². The fraction of sp³-hybridized carbons (Fsp3) is 0.100. The number of aromatic nitrogens is 1. The van der Waals surface area contributed by atoms with Gasteiger partial charge in [0.2, 0.25) is 5.43 Å². The zero-order valence-electron chi connectivity index (χ0n) is 7.93. The summed E-state index contributed by atoms with van der Waals surface area (Å²) in [5, 5.41) is -0.0603. The Labute approximate surface area is 87.7 Å². The molecular formula is C10H7F3N2O. The number of alkyl halides is 3. The molecule has 0 saturated carbocycles. The van der Waals surface area contributed by atoms with Crippen LogP contribution in [0.15, 0.2) is 29.2 Å². The Balaban J connectivity index is 2.91. The van der Waals surface area contributed by atoms with Crippen LogP contribution in [0.4, 0.5) is 18.9 Å². The lowest BCUT2D eigenvalue weighted by Crippen LogP contribution is -2.13. The predicted octanol–water partition coefficient (Wildman–Crippen LogP) is 2.13. The molecule has 2 rings (SSSR count). The van der Waals surface area contributed by atoms with E-state index in [9.17, 15) is 18.0 Å². The lowest BCUT2D eigenvalue weighted by atomic mass is 10.1. The van der Waals surface area contributed by atoms with E-state index in [0.29, 0.717) is 0 Å². The third kappa shape index (κ3) is 1.52. The quantitative estimate of drug-likeness (QED) is 0.725. The fourth-order valence-corrected chi connectivity index (χ4v) is 1.50. The van der Waals surface area contributed by atoms with Gasteiger partial charge in [-0.15, -0.1) is 0 Å². The van der Waals surface area contributed by atoms with Crippen LogP contribution >= 0.6 is 0 Å². The number of halogens is 3. The number of aromatic amines is 1. The van der Waals surface area contributed by atoms with Gasteiger partial charge in [-0.25, -0.2) is 0 Å². The van der Waals surface area contributed by atoms with Crippen LogP contribution < -0.4 is 11.2 Å². The molecular weight excluding hydrogens is 221 g/mol. The molecule has 3 N–H and O–H groups in total. The van der Waals surface area contributed by atoms with Crippen molar-refractivity contribution in [2.75, 3.05) is 5.73 Å². The number of pyridine rings is 1. The van der Waals surface area contributed by atoms with Crippen molar-refractivity contribution >= 4 is 16.6 Å². The van der Waals surface area contributed by atoms with E-state index < -0.39 is 17.2 Å². The van der Waals surface area contributed by atoms with Crippen molar-refractivity contribution in [1.82, 2.24) is 4.98 Å². The van der Waals surface area contributed by atoms with Gasteiger partial charge in [0.25, 0.3) is 0 Å². The molecule has 1 heterocycles. The SMILES string of the molecule is Nc1c[nH]c2c(C(F)(F)F)cccc2c1=O. The van der Waals surface area contributed by atoms with Crippen molar-refractivity contribution in [3.05, 3.63) is 40.2 Å². The molecule has 0 atom stereocenters. The van der Waals surface area contributed by atoms with Crippen LogP contribution in [0.5, 0.6) is 0 Å². The van der Waals surface area contributed by atoms with Crippen LogP contribution in [0.2, 0.25) is 0 Å². The summed E-state index contributed by atoms with van der Waals surface area (Å²) < 4.78 is 37.8. The van der Waals surface area contributed by atoms with Gasteiger partial charge >= 0.3 is 6.18 Å². The first kappa shape index (κ1) is 10.5. The standard InChI is InChI=1S/C10H7F3N2O/c11-10(12,13)6-3-1-2-5-8(6)15-4-7(14)9(5)16/h1-4H,14H2,(H,15,16). The van der Waals surface area contributed by atoms with E-state index in [0.717, 1.165) is 12.3 Å². The number of nitrogens with one attached hydrogen (secondary N) is 1. The first-order valence-corrected chi connectivity index (χ1v) is 4.38. The average Bonchev–Trinajstić information content (AvgIpc) is 2.21. The number of rotatable bonds is 0. The summed E-state index contributed by atoms with van der Waals surface area (Å²) in [6, 6.07) is 3.40. The Morgan fingerprint density at radius 2 is 1.94 bits per heavy atom.